The Hall–Kier alpha value is -3.09. The lowest BCUT2D eigenvalue weighted by Crippen LogP contribution is -2.30. The summed E-state index contributed by atoms with van der Waals surface area (Å²) in [6.45, 7) is 3.37. The zero-order valence-corrected chi connectivity index (χ0v) is 15.0. The maximum Gasteiger partial charge on any atom is 0.272 e. The van der Waals surface area contributed by atoms with E-state index in [2.05, 4.69) is 0 Å². The fourth-order valence-electron chi connectivity index (χ4n) is 3.78. The summed E-state index contributed by atoms with van der Waals surface area (Å²) in [6, 6.07) is 10.3. The Morgan fingerprint density at radius 1 is 1.15 bits per heavy atom. The number of rotatable bonds is 3. The monoisotopic (exact) mass is 368 g/mol. The molecule has 0 N–H and O–H groups in total. The Bertz CT molecular complexity index is 911. The zero-order valence-electron chi connectivity index (χ0n) is 15.0. The minimum absolute atomic E-state index is 0.0244. The van der Waals surface area contributed by atoms with Crippen LogP contribution in [0, 0.1) is 17.0 Å². The van der Waals surface area contributed by atoms with E-state index < -0.39 is 4.92 Å². The van der Waals surface area contributed by atoms with Crippen molar-refractivity contribution in [3.63, 3.8) is 0 Å². The van der Waals surface area contributed by atoms with Gasteiger partial charge in [-0.2, -0.15) is 0 Å². The third kappa shape index (κ3) is 3.20. The first kappa shape index (κ1) is 17.3. The fourth-order valence-corrected chi connectivity index (χ4v) is 3.78. The van der Waals surface area contributed by atoms with Crippen molar-refractivity contribution in [3.8, 4) is 11.5 Å². The van der Waals surface area contributed by atoms with E-state index in [0.717, 1.165) is 24.2 Å². The molecule has 27 heavy (non-hydrogen) atoms. The average molecular weight is 368 g/mol. The highest BCUT2D eigenvalue weighted by molar-refractivity contribution is 5.95. The molecule has 0 spiro atoms. The van der Waals surface area contributed by atoms with Gasteiger partial charge in [-0.1, -0.05) is 6.07 Å². The van der Waals surface area contributed by atoms with E-state index in [1.54, 1.807) is 13.0 Å². The number of nitro groups is 1. The molecule has 2 aliphatic rings. The summed E-state index contributed by atoms with van der Waals surface area (Å²) in [5, 5.41) is 11.0. The summed E-state index contributed by atoms with van der Waals surface area (Å²) in [4.78, 5) is 25.5. The summed E-state index contributed by atoms with van der Waals surface area (Å²) >= 11 is 0. The molecule has 0 saturated carbocycles. The third-order valence-electron chi connectivity index (χ3n) is 5.11. The molecule has 2 aromatic carbocycles. The second kappa shape index (κ2) is 6.90. The van der Waals surface area contributed by atoms with Gasteiger partial charge in [-0.3, -0.25) is 14.9 Å². The number of amides is 1. The number of hydrogen-bond acceptors (Lipinski definition) is 5. The van der Waals surface area contributed by atoms with Crippen molar-refractivity contribution in [2.45, 2.75) is 25.8 Å². The van der Waals surface area contributed by atoms with Gasteiger partial charge in [0.1, 0.15) is 13.2 Å². The summed E-state index contributed by atoms with van der Waals surface area (Å²) in [5.74, 6) is 1.33. The molecule has 0 unspecified atom stereocenters. The van der Waals surface area contributed by atoms with Crippen molar-refractivity contribution in [1.29, 1.82) is 0 Å². The Morgan fingerprint density at radius 2 is 1.93 bits per heavy atom. The number of carbonyl (C=O) groups is 1. The predicted octanol–water partition coefficient (Wildman–Crippen LogP) is 3.65. The summed E-state index contributed by atoms with van der Waals surface area (Å²) in [5.41, 5.74) is 2.00. The SMILES string of the molecule is Cc1cc(C(=O)N2CCC[C@H]2c2ccc3c(c2)OCCO3)ccc1[N+](=O)[O-]. The maximum absolute atomic E-state index is 13.1. The van der Waals surface area contributed by atoms with Crippen molar-refractivity contribution >= 4 is 11.6 Å². The normalized spacial score (nSPS) is 18.4. The number of benzene rings is 2. The molecule has 1 atom stereocenters. The first-order valence-electron chi connectivity index (χ1n) is 9.00. The van der Waals surface area contributed by atoms with Crippen LogP contribution in [-0.4, -0.2) is 35.5 Å². The number of nitrogens with zero attached hydrogens (tertiary/aromatic N) is 2. The van der Waals surface area contributed by atoms with E-state index in [0.29, 0.717) is 36.6 Å². The molecular formula is C20H20N2O5. The maximum atomic E-state index is 13.1. The molecular weight excluding hydrogens is 348 g/mol. The summed E-state index contributed by atoms with van der Waals surface area (Å²) in [6.07, 6.45) is 1.79. The van der Waals surface area contributed by atoms with Gasteiger partial charge in [-0.25, -0.2) is 0 Å². The number of likely N-dealkylation sites (tertiary alicyclic amines) is 1. The number of aryl methyl sites for hydroxylation is 1. The quantitative estimate of drug-likeness (QED) is 0.610. The third-order valence-corrected chi connectivity index (χ3v) is 5.11. The van der Waals surface area contributed by atoms with Crippen LogP contribution in [0.1, 0.15) is 40.4 Å². The van der Waals surface area contributed by atoms with Gasteiger partial charge < -0.3 is 14.4 Å². The van der Waals surface area contributed by atoms with Crippen LogP contribution in [-0.2, 0) is 0 Å². The molecule has 1 amide bonds. The molecule has 2 heterocycles. The topological polar surface area (TPSA) is 81.9 Å². The number of fused-ring (bicyclic) bond motifs is 1. The smallest absolute Gasteiger partial charge is 0.272 e. The highest BCUT2D eigenvalue weighted by Crippen LogP contribution is 2.38. The van der Waals surface area contributed by atoms with Crippen LogP contribution in [0.2, 0.25) is 0 Å². The van der Waals surface area contributed by atoms with Gasteiger partial charge in [-0.05, 0) is 49.6 Å². The predicted molar refractivity (Wildman–Crippen MR) is 98.3 cm³/mol. The molecule has 1 saturated heterocycles. The highest BCUT2D eigenvalue weighted by Gasteiger charge is 2.32. The van der Waals surface area contributed by atoms with Gasteiger partial charge in [0, 0.05) is 23.7 Å². The van der Waals surface area contributed by atoms with Crippen molar-refractivity contribution in [3.05, 3.63) is 63.2 Å². The Balaban J connectivity index is 1.60. The van der Waals surface area contributed by atoms with Crippen molar-refractivity contribution in [2.75, 3.05) is 19.8 Å². The van der Waals surface area contributed by atoms with Gasteiger partial charge >= 0.3 is 0 Å². The van der Waals surface area contributed by atoms with Gasteiger partial charge in [0.25, 0.3) is 11.6 Å². The lowest BCUT2D eigenvalue weighted by atomic mass is 10.0. The molecule has 7 nitrogen and oxygen atoms in total. The van der Waals surface area contributed by atoms with Gasteiger partial charge in [-0.15, -0.1) is 0 Å². The average Bonchev–Trinajstić information content (AvgIpc) is 3.16. The molecule has 4 rings (SSSR count). The molecule has 0 aromatic heterocycles. The minimum Gasteiger partial charge on any atom is -0.486 e. The molecule has 2 aliphatic heterocycles. The molecule has 1 fully saturated rings. The first-order chi connectivity index (χ1) is 13.0. The zero-order chi connectivity index (χ0) is 19.0. The van der Waals surface area contributed by atoms with Crippen LogP contribution < -0.4 is 9.47 Å². The molecule has 2 aromatic rings. The van der Waals surface area contributed by atoms with E-state index in [1.165, 1.54) is 12.1 Å². The van der Waals surface area contributed by atoms with Crippen LogP contribution in [0.3, 0.4) is 0 Å². The fraction of sp³-hybridized carbons (Fsp3) is 0.350. The van der Waals surface area contributed by atoms with Crippen LogP contribution in [0.4, 0.5) is 5.69 Å². The molecule has 7 heteroatoms. The Labute approximate surface area is 156 Å². The van der Waals surface area contributed by atoms with Crippen LogP contribution in [0.25, 0.3) is 0 Å². The van der Waals surface area contributed by atoms with Crippen LogP contribution in [0.15, 0.2) is 36.4 Å². The minimum atomic E-state index is -0.433. The molecule has 140 valence electrons. The number of carbonyl (C=O) groups excluding carboxylic acids is 1. The number of ether oxygens (including phenoxy) is 2. The summed E-state index contributed by atoms with van der Waals surface area (Å²) < 4.78 is 11.2. The standard InChI is InChI=1S/C20H20N2O5/c1-13-11-15(4-6-16(13)22(24)25)20(23)21-8-2-3-17(21)14-5-7-18-19(12-14)27-10-9-26-18/h4-7,11-12,17H,2-3,8-10H2,1H3/t17-/m0/s1. The van der Waals surface area contributed by atoms with E-state index in [9.17, 15) is 14.9 Å². The highest BCUT2D eigenvalue weighted by atomic mass is 16.6. The molecule has 0 aliphatic carbocycles. The summed E-state index contributed by atoms with van der Waals surface area (Å²) in [7, 11) is 0. The second-order valence-corrected chi connectivity index (χ2v) is 6.82. The van der Waals surface area contributed by atoms with Crippen LogP contribution >= 0.6 is 0 Å². The van der Waals surface area contributed by atoms with Gasteiger partial charge in [0.05, 0.1) is 11.0 Å². The van der Waals surface area contributed by atoms with E-state index in [-0.39, 0.29) is 17.6 Å². The lowest BCUT2D eigenvalue weighted by Gasteiger charge is -2.27. The second-order valence-electron chi connectivity index (χ2n) is 6.82. The number of hydrogen-bond donors (Lipinski definition) is 0. The van der Waals surface area contributed by atoms with Crippen molar-refractivity contribution < 1.29 is 19.2 Å². The molecule has 0 bridgehead atoms. The van der Waals surface area contributed by atoms with E-state index in [4.69, 9.17) is 9.47 Å². The lowest BCUT2D eigenvalue weighted by molar-refractivity contribution is -0.385. The van der Waals surface area contributed by atoms with Crippen LogP contribution in [0.5, 0.6) is 11.5 Å². The van der Waals surface area contributed by atoms with E-state index in [1.807, 2.05) is 23.1 Å². The molecule has 0 radical (unpaired) electrons. The Kier molecular flexibility index (Phi) is 4.43. The first-order valence-corrected chi connectivity index (χ1v) is 9.00. The van der Waals surface area contributed by atoms with Crippen molar-refractivity contribution in [2.24, 2.45) is 0 Å². The van der Waals surface area contributed by atoms with Gasteiger partial charge in [0.15, 0.2) is 11.5 Å². The Morgan fingerprint density at radius 3 is 2.67 bits per heavy atom. The number of nitro benzene ring substituents is 1. The van der Waals surface area contributed by atoms with Crippen molar-refractivity contribution in [1.82, 2.24) is 4.90 Å². The van der Waals surface area contributed by atoms with Gasteiger partial charge in [0.2, 0.25) is 0 Å². The van der Waals surface area contributed by atoms with E-state index >= 15 is 0 Å². The largest absolute Gasteiger partial charge is 0.486 e.